The average Bonchev–Trinajstić information content (AvgIpc) is 3.53. The van der Waals surface area contributed by atoms with Crippen molar-refractivity contribution < 1.29 is 9.47 Å². The van der Waals surface area contributed by atoms with Crippen LogP contribution in [-0.4, -0.2) is 39.9 Å². The Balaban J connectivity index is 0.00000261. The SMILES string of the molecule is CN=C(NCc1ccc(C)cc1OCCCOC)NCC1(C2CC2)CC1.I. The zero-order chi connectivity index (χ0) is 18.4. The molecule has 27 heavy (non-hydrogen) atoms. The van der Waals surface area contributed by atoms with Crippen molar-refractivity contribution in [3.63, 3.8) is 0 Å². The maximum Gasteiger partial charge on any atom is 0.191 e. The molecule has 0 radical (unpaired) electrons. The van der Waals surface area contributed by atoms with Crippen LogP contribution in [0.1, 0.15) is 43.2 Å². The lowest BCUT2D eigenvalue weighted by Gasteiger charge is -2.19. The minimum atomic E-state index is 0. The molecule has 152 valence electrons. The molecule has 0 saturated heterocycles. The molecule has 0 aliphatic heterocycles. The van der Waals surface area contributed by atoms with Crippen molar-refractivity contribution in [3.8, 4) is 5.75 Å². The molecule has 0 aromatic heterocycles. The summed E-state index contributed by atoms with van der Waals surface area (Å²) >= 11 is 0. The molecule has 2 aliphatic rings. The number of nitrogens with one attached hydrogen (secondary N) is 2. The number of guanidine groups is 1. The number of benzene rings is 1. The molecule has 2 fully saturated rings. The minimum Gasteiger partial charge on any atom is -0.493 e. The third-order valence-corrected chi connectivity index (χ3v) is 5.59. The monoisotopic (exact) mass is 487 g/mol. The molecule has 0 amide bonds. The number of hydrogen-bond donors (Lipinski definition) is 2. The van der Waals surface area contributed by atoms with Crippen molar-refractivity contribution >= 4 is 29.9 Å². The van der Waals surface area contributed by atoms with Gasteiger partial charge in [0, 0.05) is 45.8 Å². The van der Waals surface area contributed by atoms with Crippen molar-refractivity contribution in [2.24, 2.45) is 16.3 Å². The van der Waals surface area contributed by atoms with Gasteiger partial charge < -0.3 is 20.1 Å². The second kappa shape index (κ2) is 10.5. The van der Waals surface area contributed by atoms with Crippen LogP contribution in [-0.2, 0) is 11.3 Å². The van der Waals surface area contributed by atoms with Crippen LogP contribution < -0.4 is 15.4 Å². The number of hydrogen-bond acceptors (Lipinski definition) is 3. The Kier molecular flexibility index (Phi) is 8.66. The van der Waals surface area contributed by atoms with E-state index in [1.807, 2.05) is 7.05 Å². The fraction of sp³-hybridized carbons (Fsp3) is 0.667. The first-order valence-corrected chi connectivity index (χ1v) is 9.83. The molecule has 5 nitrogen and oxygen atoms in total. The van der Waals surface area contributed by atoms with Crippen molar-refractivity contribution in [2.45, 2.75) is 45.6 Å². The molecule has 1 aromatic carbocycles. The second-order valence-electron chi connectivity index (χ2n) is 7.72. The van der Waals surface area contributed by atoms with Gasteiger partial charge in [-0.15, -0.1) is 24.0 Å². The summed E-state index contributed by atoms with van der Waals surface area (Å²) in [5.41, 5.74) is 2.93. The molecule has 0 spiro atoms. The topological polar surface area (TPSA) is 54.9 Å². The Morgan fingerprint density at radius 2 is 2.00 bits per heavy atom. The summed E-state index contributed by atoms with van der Waals surface area (Å²) < 4.78 is 11.1. The standard InChI is InChI=1S/C21H33N3O2.HI/c1-16-5-6-17(19(13-16)26-12-4-11-25-3)14-23-20(22-2)24-15-21(9-10-21)18-7-8-18;/h5-6,13,18H,4,7-12,14-15H2,1-3H3,(H2,22,23,24);1H. The maximum atomic E-state index is 5.97. The highest BCUT2D eigenvalue weighted by Gasteiger charge is 2.53. The number of halogens is 1. The molecule has 6 heteroatoms. The van der Waals surface area contributed by atoms with Gasteiger partial charge in [-0.2, -0.15) is 0 Å². The first-order chi connectivity index (χ1) is 12.7. The van der Waals surface area contributed by atoms with Crippen molar-refractivity contribution in [2.75, 3.05) is 33.9 Å². The van der Waals surface area contributed by atoms with Gasteiger partial charge in [0.15, 0.2) is 5.96 Å². The highest BCUT2D eigenvalue weighted by Crippen LogP contribution is 2.60. The second-order valence-corrected chi connectivity index (χ2v) is 7.72. The van der Waals surface area contributed by atoms with Gasteiger partial charge in [-0.25, -0.2) is 0 Å². The lowest BCUT2D eigenvalue weighted by atomic mass is 10.0. The largest absolute Gasteiger partial charge is 0.493 e. The van der Waals surface area contributed by atoms with Crippen LogP contribution in [0.25, 0.3) is 0 Å². The third kappa shape index (κ3) is 6.52. The Hall–Kier alpha value is -1.02. The van der Waals surface area contributed by atoms with Crippen molar-refractivity contribution in [3.05, 3.63) is 29.3 Å². The zero-order valence-corrected chi connectivity index (χ0v) is 19.2. The lowest BCUT2D eigenvalue weighted by Crippen LogP contribution is -2.40. The van der Waals surface area contributed by atoms with Crippen LogP contribution >= 0.6 is 24.0 Å². The zero-order valence-electron chi connectivity index (χ0n) is 16.8. The molecule has 2 aliphatic carbocycles. The molecule has 0 atom stereocenters. The Morgan fingerprint density at radius 1 is 1.22 bits per heavy atom. The number of nitrogens with zero attached hydrogens (tertiary/aromatic N) is 1. The lowest BCUT2D eigenvalue weighted by molar-refractivity contribution is 0.171. The number of ether oxygens (including phenoxy) is 2. The molecule has 0 bridgehead atoms. The van der Waals surface area contributed by atoms with E-state index in [2.05, 4.69) is 40.7 Å². The fourth-order valence-corrected chi connectivity index (χ4v) is 3.57. The van der Waals surface area contributed by atoms with Crippen LogP contribution in [0, 0.1) is 18.3 Å². The van der Waals surface area contributed by atoms with Gasteiger partial charge in [-0.05, 0) is 55.6 Å². The highest BCUT2D eigenvalue weighted by molar-refractivity contribution is 14.0. The Labute approximate surface area is 180 Å². The summed E-state index contributed by atoms with van der Waals surface area (Å²) in [5.74, 6) is 2.78. The molecule has 0 unspecified atom stereocenters. The summed E-state index contributed by atoms with van der Waals surface area (Å²) in [7, 11) is 3.55. The van der Waals surface area contributed by atoms with Gasteiger partial charge in [0.25, 0.3) is 0 Å². The van der Waals surface area contributed by atoms with E-state index in [1.165, 1.54) is 31.2 Å². The number of methoxy groups -OCH3 is 1. The van der Waals surface area contributed by atoms with Gasteiger partial charge in [0.2, 0.25) is 0 Å². The van der Waals surface area contributed by atoms with Crippen LogP contribution in [0.15, 0.2) is 23.2 Å². The van der Waals surface area contributed by atoms with Gasteiger partial charge in [0.05, 0.1) is 6.61 Å². The molecule has 1 aromatic rings. The van der Waals surface area contributed by atoms with Crippen LogP contribution in [0.2, 0.25) is 0 Å². The summed E-state index contributed by atoms with van der Waals surface area (Å²) in [6, 6.07) is 6.36. The molecule has 2 saturated carbocycles. The average molecular weight is 487 g/mol. The summed E-state index contributed by atoms with van der Waals surface area (Å²) in [5, 5.41) is 6.98. The Morgan fingerprint density at radius 3 is 2.63 bits per heavy atom. The number of rotatable bonds is 10. The van der Waals surface area contributed by atoms with Crippen molar-refractivity contribution in [1.82, 2.24) is 10.6 Å². The molecule has 0 heterocycles. The van der Waals surface area contributed by atoms with Crippen LogP contribution in [0.4, 0.5) is 0 Å². The quantitative estimate of drug-likeness (QED) is 0.228. The normalized spacial score (nSPS) is 17.8. The first kappa shape index (κ1) is 22.3. The van der Waals surface area contributed by atoms with E-state index in [-0.39, 0.29) is 24.0 Å². The van der Waals surface area contributed by atoms with Crippen LogP contribution in [0.5, 0.6) is 5.75 Å². The van der Waals surface area contributed by atoms with E-state index in [9.17, 15) is 0 Å². The summed E-state index contributed by atoms with van der Waals surface area (Å²) in [6.07, 6.45) is 6.48. The van der Waals surface area contributed by atoms with E-state index in [1.54, 1.807) is 7.11 Å². The molecular formula is C21H34IN3O2. The smallest absolute Gasteiger partial charge is 0.191 e. The van der Waals surface area contributed by atoms with Crippen molar-refractivity contribution in [1.29, 1.82) is 0 Å². The number of aliphatic imine (C=N–C) groups is 1. The third-order valence-electron chi connectivity index (χ3n) is 5.59. The predicted molar refractivity (Wildman–Crippen MR) is 121 cm³/mol. The Bertz CT molecular complexity index is 628. The van der Waals surface area contributed by atoms with Gasteiger partial charge >= 0.3 is 0 Å². The molecule has 3 rings (SSSR count). The van der Waals surface area contributed by atoms with Gasteiger partial charge in [-0.3, -0.25) is 4.99 Å². The van der Waals surface area contributed by atoms with E-state index < -0.39 is 0 Å². The maximum absolute atomic E-state index is 5.97. The van der Waals surface area contributed by atoms with Crippen LogP contribution in [0.3, 0.4) is 0 Å². The highest BCUT2D eigenvalue weighted by atomic mass is 127. The fourth-order valence-electron chi connectivity index (χ4n) is 3.57. The molecular weight excluding hydrogens is 453 g/mol. The van der Waals surface area contributed by atoms with E-state index in [0.717, 1.165) is 42.8 Å². The first-order valence-electron chi connectivity index (χ1n) is 9.83. The van der Waals surface area contributed by atoms with Gasteiger partial charge in [0.1, 0.15) is 5.75 Å². The van der Waals surface area contributed by atoms with E-state index >= 15 is 0 Å². The summed E-state index contributed by atoms with van der Waals surface area (Å²) in [6.45, 7) is 5.23. The molecule has 2 N–H and O–H groups in total. The van der Waals surface area contributed by atoms with Gasteiger partial charge in [-0.1, -0.05) is 12.1 Å². The van der Waals surface area contributed by atoms with E-state index in [0.29, 0.717) is 18.6 Å². The summed E-state index contributed by atoms with van der Waals surface area (Å²) in [4.78, 5) is 4.38. The van der Waals surface area contributed by atoms with E-state index in [4.69, 9.17) is 9.47 Å². The number of aryl methyl sites for hydroxylation is 1. The minimum absolute atomic E-state index is 0. The predicted octanol–water partition coefficient (Wildman–Crippen LogP) is 3.88.